The minimum absolute atomic E-state index is 0.0598. The number of carboxylic acid groups (broad SMARTS) is 1. The van der Waals surface area contributed by atoms with Gasteiger partial charge in [0.05, 0.1) is 5.41 Å². The third-order valence-electron chi connectivity index (χ3n) is 3.26. The zero-order valence-electron chi connectivity index (χ0n) is 8.92. The van der Waals surface area contributed by atoms with Gasteiger partial charge in [-0.3, -0.25) is 4.79 Å². The Morgan fingerprint density at radius 1 is 1.35 bits per heavy atom. The minimum Gasteiger partial charge on any atom is -0.481 e. The van der Waals surface area contributed by atoms with E-state index in [0.717, 1.165) is 0 Å². The quantitative estimate of drug-likeness (QED) is 0.884. The molecule has 1 atom stereocenters. The lowest BCUT2D eigenvalue weighted by atomic mass is 9.79. The topological polar surface area (TPSA) is 37.3 Å². The maximum Gasteiger partial charge on any atom is 0.314 e. The number of rotatable bonds is 2. The lowest BCUT2D eigenvalue weighted by Crippen LogP contribution is -2.34. The first-order chi connectivity index (χ1) is 7.86. The second-order valence-electron chi connectivity index (χ2n) is 4.43. The van der Waals surface area contributed by atoms with E-state index in [4.69, 9.17) is 11.6 Å². The first-order valence-corrected chi connectivity index (χ1v) is 5.61. The third kappa shape index (κ3) is 2.14. The van der Waals surface area contributed by atoms with Gasteiger partial charge in [-0.2, -0.15) is 0 Å². The molecule has 1 aliphatic rings. The van der Waals surface area contributed by atoms with E-state index in [0.29, 0.717) is 10.6 Å². The summed E-state index contributed by atoms with van der Waals surface area (Å²) in [6, 6.07) is 6.17. The van der Waals surface area contributed by atoms with E-state index in [9.17, 15) is 18.7 Å². The molecule has 1 aliphatic carbocycles. The molecule has 1 fully saturated rings. The van der Waals surface area contributed by atoms with Gasteiger partial charge in [0, 0.05) is 17.9 Å². The standard InChI is InChI=1S/C12H11ClF2O2/c13-9-3-1-2-8(6-9)11(10(16)17)4-5-12(14,15)7-11/h1-3,6H,4-5,7H2,(H,16,17). The molecule has 1 unspecified atom stereocenters. The summed E-state index contributed by atoms with van der Waals surface area (Å²) in [5.41, 5.74) is -1.15. The van der Waals surface area contributed by atoms with Crippen LogP contribution in [0.4, 0.5) is 8.78 Å². The van der Waals surface area contributed by atoms with Gasteiger partial charge in [0.2, 0.25) is 5.92 Å². The smallest absolute Gasteiger partial charge is 0.314 e. The Labute approximate surface area is 102 Å². The number of hydrogen-bond acceptors (Lipinski definition) is 1. The van der Waals surface area contributed by atoms with E-state index < -0.39 is 30.1 Å². The van der Waals surface area contributed by atoms with Gasteiger partial charge in [0.25, 0.3) is 0 Å². The van der Waals surface area contributed by atoms with Gasteiger partial charge in [-0.05, 0) is 24.1 Å². The van der Waals surface area contributed by atoms with E-state index in [1.165, 1.54) is 6.07 Å². The van der Waals surface area contributed by atoms with Crippen LogP contribution in [0.1, 0.15) is 24.8 Å². The summed E-state index contributed by atoms with van der Waals surface area (Å²) >= 11 is 5.78. The first-order valence-electron chi connectivity index (χ1n) is 5.23. The molecule has 0 spiro atoms. The second-order valence-corrected chi connectivity index (χ2v) is 4.87. The monoisotopic (exact) mass is 260 g/mol. The van der Waals surface area contributed by atoms with Crippen LogP contribution in [0.3, 0.4) is 0 Å². The zero-order valence-corrected chi connectivity index (χ0v) is 9.68. The lowest BCUT2D eigenvalue weighted by molar-refractivity contribution is -0.144. The Morgan fingerprint density at radius 3 is 2.53 bits per heavy atom. The molecular formula is C12H11ClF2O2. The van der Waals surface area contributed by atoms with Crippen LogP contribution in [-0.4, -0.2) is 17.0 Å². The van der Waals surface area contributed by atoms with Gasteiger partial charge in [-0.25, -0.2) is 8.78 Å². The highest BCUT2D eigenvalue weighted by Gasteiger charge is 2.55. The van der Waals surface area contributed by atoms with Crippen molar-refractivity contribution in [3.8, 4) is 0 Å². The van der Waals surface area contributed by atoms with Crippen molar-refractivity contribution >= 4 is 17.6 Å². The van der Waals surface area contributed by atoms with Crippen molar-refractivity contribution < 1.29 is 18.7 Å². The normalized spacial score (nSPS) is 27.0. The van der Waals surface area contributed by atoms with E-state index in [1.54, 1.807) is 18.2 Å². The fraction of sp³-hybridized carbons (Fsp3) is 0.417. The number of carbonyl (C=O) groups is 1. The molecule has 17 heavy (non-hydrogen) atoms. The maximum absolute atomic E-state index is 13.3. The molecule has 92 valence electrons. The summed E-state index contributed by atoms with van der Waals surface area (Å²) < 4.78 is 26.6. The molecule has 5 heteroatoms. The van der Waals surface area contributed by atoms with Gasteiger partial charge in [-0.1, -0.05) is 23.7 Å². The number of halogens is 3. The van der Waals surface area contributed by atoms with Crippen molar-refractivity contribution in [2.75, 3.05) is 0 Å². The van der Waals surface area contributed by atoms with Crippen LogP contribution in [0.2, 0.25) is 5.02 Å². The van der Waals surface area contributed by atoms with Crippen molar-refractivity contribution in [2.45, 2.75) is 30.6 Å². The van der Waals surface area contributed by atoms with E-state index in [2.05, 4.69) is 0 Å². The van der Waals surface area contributed by atoms with Crippen LogP contribution in [0, 0.1) is 0 Å². The van der Waals surface area contributed by atoms with Crippen molar-refractivity contribution in [2.24, 2.45) is 0 Å². The average molecular weight is 261 g/mol. The van der Waals surface area contributed by atoms with Crippen molar-refractivity contribution in [3.63, 3.8) is 0 Å². The Bertz CT molecular complexity index is 462. The zero-order chi connectivity index (χ0) is 12.7. The molecule has 0 amide bonds. The summed E-state index contributed by atoms with van der Waals surface area (Å²) in [5, 5.41) is 9.62. The predicted octanol–water partition coefficient (Wildman–Crippen LogP) is 3.48. The summed E-state index contributed by atoms with van der Waals surface area (Å²) in [7, 11) is 0. The van der Waals surface area contributed by atoms with Crippen molar-refractivity contribution in [3.05, 3.63) is 34.9 Å². The van der Waals surface area contributed by atoms with Gasteiger partial charge in [0.1, 0.15) is 0 Å². The van der Waals surface area contributed by atoms with Crippen LogP contribution in [0.25, 0.3) is 0 Å². The SMILES string of the molecule is O=C(O)C1(c2cccc(Cl)c2)CCC(F)(F)C1. The molecule has 0 heterocycles. The number of hydrogen-bond donors (Lipinski definition) is 1. The molecule has 2 rings (SSSR count). The van der Waals surface area contributed by atoms with Gasteiger partial charge >= 0.3 is 5.97 Å². The predicted molar refractivity (Wildman–Crippen MR) is 59.6 cm³/mol. The molecule has 1 aromatic carbocycles. The fourth-order valence-electron chi connectivity index (χ4n) is 2.35. The summed E-state index contributed by atoms with van der Waals surface area (Å²) in [5.74, 6) is -4.13. The highest BCUT2D eigenvalue weighted by Crippen LogP contribution is 2.49. The summed E-state index contributed by atoms with van der Waals surface area (Å²) in [6.45, 7) is 0. The van der Waals surface area contributed by atoms with Crippen molar-refractivity contribution in [1.29, 1.82) is 0 Å². The Morgan fingerprint density at radius 2 is 2.06 bits per heavy atom. The third-order valence-corrected chi connectivity index (χ3v) is 3.50. The average Bonchev–Trinajstić information content (AvgIpc) is 2.56. The number of aliphatic carboxylic acids is 1. The Kier molecular flexibility index (Phi) is 2.86. The number of alkyl halides is 2. The summed E-state index contributed by atoms with van der Waals surface area (Å²) in [4.78, 5) is 11.3. The highest BCUT2D eigenvalue weighted by atomic mass is 35.5. The highest BCUT2D eigenvalue weighted by molar-refractivity contribution is 6.30. The van der Waals surface area contributed by atoms with Crippen LogP contribution in [-0.2, 0) is 10.2 Å². The second kappa shape index (κ2) is 3.95. The van der Waals surface area contributed by atoms with E-state index in [1.807, 2.05) is 0 Å². The van der Waals surface area contributed by atoms with Crippen molar-refractivity contribution in [1.82, 2.24) is 0 Å². The molecule has 1 N–H and O–H groups in total. The molecule has 1 saturated carbocycles. The molecular weight excluding hydrogens is 250 g/mol. The Balaban J connectivity index is 2.47. The lowest BCUT2D eigenvalue weighted by Gasteiger charge is -2.24. The van der Waals surface area contributed by atoms with E-state index in [-0.39, 0.29) is 6.42 Å². The molecule has 0 bridgehead atoms. The number of carboxylic acids is 1. The van der Waals surface area contributed by atoms with Crippen LogP contribution in [0.15, 0.2) is 24.3 Å². The largest absolute Gasteiger partial charge is 0.481 e. The van der Waals surface area contributed by atoms with Crippen LogP contribution < -0.4 is 0 Å². The van der Waals surface area contributed by atoms with Gasteiger partial charge < -0.3 is 5.11 Å². The molecule has 0 aliphatic heterocycles. The van der Waals surface area contributed by atoms with Gasteiger partial charge in [0.15, 0.2) is 0 Å². The van der Waals surface area contributed by atoms with E-state index >= 15 is 0 Å². The summed E-state index contributed by atoms with van der Waals surface area (Å²) in [6.07, 6.45) is -1.11. The minimum atomic E-state index is -2.92. The number of benzene rings is 1. The maximum atomic E-state index is 13.3. The van der Waals surface area contributed by atoms with Crippen LogP contribution in [0.5, 0.6) is 0 Å². The van der Waals surface area contributed by atoms with Gasteiger partial charge in [-0.15, -0.1) is 0 Å². The molecule has 0 saturated heterocycles. The first kappa shape index (κ1) is 12.3. The molecule has 1 aromatic rings. The molecule has 0 radical (unpaired) electrons. The fourth-order valence-corrected chi connectivity index (χ4v) is 2.54. The molecule has 2 nitrogen and oxygen atoms in total. The molecule has 0 aromatic heterocycles. The van der Waals surface area contributed by atoms with Crippen LogP contribution >= 0.6 is 11.6 Å². The Hall–Kier alpha value is -1.16.